The van der Waals surface area contributed by atoms with Crippen LogP contribution in [0.2, 0.25) is 0 Å². The molecule has 1 aliphatic rings. The van der Waals surface area contributed by atoms with E-state index in [1.54, 1.807) is 4.90 Å². The molecule has 34 heavy (non-hydrogen) atoms. The van der Waals surface area contributed by atoms with E-state index >= 15 is 0 Å². The van der Waals surface area contributed by atoms with Crippen LogP contribution in [-0.4, -0.2) is 39.6 Å². The highest BCUT2D eigenvalue weighted by Crippen LogP contribution is 2.34. The van der Waals surface area contributed by atoms with Crippen molar-refractivity contribution in [3.05, 3.63) is 65.9 Å². The standard InChI is InChI=1S/C28H34N4O2/c1-19(2)17-31(28(34)23-14-10-15-23)18-25(33)29-27-26(22-12-6-5-7-13-22)21(4)30-32(27)24-16-9-8-11-20(24)3/h5-9,11-13,16,19,23H,10,14-15,17-18H2,1-4H3,(H,29,33). The molecule has 1 fully saturated rings. The van der Waals surface area contributed by atoms with Gasteiger partial charge in [-0.3, -0.25) is 9.59 Å². The summed E-state index contributed by atoms with van der Waals surface area (Å²) in [5.41, 5.74) is 4.67. The normalized spacial score (nSPS) is 13.6. The second kappa shape index (κ2) is 10.2. The van der Waals surface area contributed by atoms with E-state index in [0.29, 0.717) is 12.4 Å². The number of carbonyl (C=O) groups is 2. The van der Waals surface area contributed by atoms with Crippen LogP contribution < -0.4 is 5.32 Å². The van der Waals surface area contributed by atoms with Gasteiger partial charge in [-0.1, -0.05) is 68.8 Å². The first-order valence-corrected chi connectivity index (χ1v) is 12.1. The molecular formula is C28H34N4O2. The van der Waals surface area contributed by atoms with Gasteiger partial charge in [-0.15, -0.1) is 0 Å². The lowest BCUT2D eigenvalue weighted by atomic mass is 9.84. The van der Waals surface area contributed by atoms with E-state index in [1.165, 1.54) is 0 Å². The number of hydrogen-bond acceptors (Lipinski definition) is 3. The van der Waals surface area contributed by atoms with Crippen molar-refractivity contribution in [2.75, 3.05) is 18.4 Å². The molecule has 0 unspecified atom stereocenters. The van der Waals surface area contributed by atoms with Crippen LogP contribution in [0.3, 0.4) is 0 Å². The fourth-order valence-corrected chi connectivity index (χ4v) is 4.50. The van der Waals surface area contributed by atoms with Gasteiger partial charge >= 0.3 is 0 Å². The van der Waals surface area contributed by atoms with E-state index in [1.807, 2.05) is 73.1 Å². The Morgan fingerprint density at radius 2 is 1.74 bits per heavy atom. The summed E-state index contributed by atoms with van der Waals surface area (Å²) in [5, 5.41) is 7.93. The van der Waals surface area contributed by atoms with Crippen molar-refractivity contribution in [2.45, 2.75) is 47.0 Å². The summed E-state index contributed by atoms with van der Waals surface area (Å²) in [4.78, 5) is 28.1. The number of amides is 2. The van der Waals surface area contributed by atoms with Crippen molar-refractivity contribution in [1.82, 2.24) is 14.7 Å². The number of aromatic nitrogens is 2. The molecule has 1 aliphatic carbocycles. The summed E-state index contributed by atoms with van der Waals surface area (Å²) in [6, 6.07) is 18.0. The molecule has 0 spiro atoms. The Morgan fingerprint density at radius 3 is 2.35 bits per heavy atom. The zero-order chi connectivity index (χ0) is 24.2. The SMILES string of the molecule is Cc1ccccc1-n1nc(C)c(-c2ccccc2)c1NC(=O)CN(CC(C)C)C(=O)C1CCC1. The average Bonchev–Trinajstić information content (AvgIpc) is 3.08. The Hall–Kier alpha value is -3.41. The van der Waals surface area contributed by atoms with E-state index in [2.05, 4.69) is 19.2 Å². The molecule has 2 aromatic carbocycles. The Labute approximate surface area is 202 Å². The molecule has 2 amide bonds. The van der Waals surface area contributed by atoms with Crippen molar-refractivity contribution >= 4 is 17.6 Å². The predicted octanol–water partition coefficient (Wildman–Crippen LogP) is 5.38. The summed E-state index contributed by atoms with van der Waals surface area (Å²) in [7, 11) is 0. The van der Waals surface area contributed by atoms with Crippen molar-refractivity contribution in [3.8, 4) is 16.8 Å². The smallest absolute Gasteiger partial charge is 0.245 e. The Kier molecular flexibility index (Phi) is 7.15. The van der Waals surface area contributed by atoms with Crippen LogP contribution >= 0.6 is 0 Å². The quantitative estimate of drug-likeness (QED) is 0.493. The van der Waals surface area contributed by atoms with E-state index in [0.717, 1.165) is 47.3 Å². The van der Waals surface area contributed by atoms with Gasteiger partial charge in [0, 0.05) is 18.0 Å². The molecule has 0 bridgehead atoms. The highest BCUT2D eigenvalue weighted by molar-refractivity contribution is 5.98. The summed E-state index contributed by atoms with van der Waals surface area (Å²) < 4.78 is 1.81. The van der Waals surface area contributed by atoms with Crippen LogP contribution in [0.25, 0.3) is 16.8 Å². The largest absolute Gasteiger partial charge is 0.333 e. The second-order valence-electron chi connectivity index (χ2n) is 9.66. The molecule has 1 N–H and O–H groups in total. The average molecular weight is 459 g/mol. The Bertz CT molecular complexity index is 1160. The lowest BCUT2D eigenvalue weighted by Crippen LogP contribution is -2.44. The molecule has 0 aliphatic heterocycles. The van der Waals surface area contributed by atoms with E-state index in [4.69, 9.17) is 5.10 Å². The monoisotopic (exact) mass is 458 g/mol. The number of benzene rings is 2. The van der Waals surface area contributed by atoms with Crippen LogP contribution in [-0.2, 0) is 9.59 Å². The molecule has 1 heterocycles. The maximum atomic E-state index is 13.4. The number of para-hydroxylation sites is 1. The molecule has 0 atom stereocenters. The maximum absolute atomic E-state index is 13.4. The molecular weight excluding hydrogens is 424 g/mol. The zero-order valence-electron chi connectivity index (χ0n) is 20.5. The van der Waals surface area contributed by atoms with Gasteiger partial charge in [0.15, 0.2) is 0 Å². The minimum atomic E-state index is -0.208. The third-order valence-electron chi connectivity index (χ3n) is 6.41. The molecule has 6 nitrogen and oxygen atoms in total. The number of nitrogens with one attached hydrogen (secondary N) is 1. The Balaban J connectivity index is 1.68. The molecule has 4 rings (SSSR count). The van der Waals surface area contributed by atoms with E-state index in [-0.39, 0.29) is 30.2 Å². The lowest BCUT2D eigenvalue weighted by molar-refractivity contribution is -0.141. The molecule has 1 aromatic heterocycles. The van der Waals surface area contributed by atoms with Crippen molar-refractivity contribution < 1.29 is 9.59 Å². The van der Waals surface area contributed by atoms with Gasteiger partial charge in [-0.05, 0) is 49.8 Å². The van der Waals surface area contributed by atoms with Crippen LogP contribution in [0.15, 0.2) is 54.6 Å². The van der Waals surface area contributed by atoms with Crippen LogP contribution in [0, 0.1) is 25.7 Å². The van der Waals surface area contributed by atoms with Gasteiger partial charge < -0.3 is 10.2 Å². The van der Waals surface area contributed by atoms with Crippen LogP contribution in [0.4, 0.5) is 5.82 Å². The van der Waals surface area contributed by atoms with Gasteiger partial charge in [0.2, 0.25) is 11.8 Å². The topological polar surface area (TPSA) is 67.2 Å². The molecule has 0 saturated heterocycles. The fourth-order valence-electron chi connectivity index (χ4n) is 4.50. The second-order valence-corrected chi connectivity index (χ2v) is 9.66. The van der Waals surface area contributed by atoms with Gasteiger partial charge in [-0.2, -0.15) is 5.10 Å². The van der Waals surface area contributed by atoms with E-state index in [9.17, 15) is 9.59 Å². The highest BCUT2D eigenvalue weighted by Gasteiger charge is 2.31. The summed E-state index contributed by atoms with van der Waals surface area (Å²) in [6.07, 6.45) is 2.94. The minimum Gasteiger partial charge on any atom is -0.333 e. The fraction of sp³-hybridized carbons (Fsp3) is 0.393. The Morgan fingerprint density at radius 1 is 1.06 bits per heavy atom. The first kappa shape index (κ1) is 23.7. The van der Waals surface area contributed by atoms with Gasteiger partial charge in [0.25, 0.3) is 0 Å². The maximum Gasteiger partial charge on any atom is 0.245 e. The number of carbonyl (C=O) groups excluding carboxylic acids is 2. The summed E-state index contributed by atoms with van der Waals surface area (Å²) >= 11 is 0. The zero-order valence-corrected chi connectivity index (χ0v) is 20.5. The third-order valence-corrected chi connectivity index (χ3v) is 6.41. The van der Waals surface area contributed by atoms with Gasteiger partial charge in [0.1, 0.15) is 5.82 Å². The van der Waals surface area contributed by atoms with E-state index < -0.39 is 0 Å². The van der Waals surface area contributed by atoms with Crippen molar-refractivity contribution in [1.29, 1.82) is 0 Å². The predicted molar refractivity (Wildman–Crippen MR) is 136 cm³/mol. The molecule has 0 radical (unpaired) electrons. The summed E-state index contributed by atoms with van der Waals surface area (Å²) in [5.74, 6) is 0.869. The first-order valence-electron chi connectivity index (χ1n) is 12.1. The summed E-state index contributed by atoms with van der Waals surface area (Å²) in [6.45, 7) is 8.75. The molecule has 3 aromatic rings. The number of hydrogen-bond donors (Lipinski definition) is 1. The highest BCUT2D eigenvalue weighted by atomic mass is 16.2. The lowest BCUT2D eigenvalue weighted by Gasteiger charge is -2.32. The number of nitrogens with zero attached hydrogens (tertiary/aromatic N) is 3. The molecule has 178 valence electrons. The molecule has 1 saturated carbocycles. The number of rotatable bonds is 8. The van der Waals surface area contributed by atoms with Gasteiger partial charge in [0.05, 0.1) is 17.9 Å². The first-order chi connectivity index (χ1) is 16.3. The number of anilines is 1. The number of aryl methyl sites for hydroxylation is 2. The van der Waals surface area contributed by atoms with Crippen molar-refractivity contribution in [2.24, 2.45) is 11.8 Å². The van der Waals surface area contributed by atoms with Crippen LogP contribution in [0.1, 0.15) is 44.4 Å². The van der Waals surface area contributed by atoms with Crippen LogP contribution in [0.5, 0.6) is 0 Å². The van der Waals surface area contributed by atoms with Gasteiger partial charge in [-0.25, -0.2) is 4.68 Å². The van der Waals surface area contributed by atoms with Crippen molar-refractivity contribution in [3.63, 3.8) is 0 Å². The third kappa shape index (κ3) is 5.06. The molecule has 6 heteroatoms. The minimum absolute atomic E-state index is 0.0414.